The van der Waals surface area contributed by atoms with Gasteiger partial charge in [0.25, 0.3) is 5.91 Å². The lowest BCUT2D eigenvalue weighted by Gasteiger charge is -2.51. The molecule has 0 unspecified atom stereocenters. The van der Waals surface area contributed by atoms with Crippen LogP contribution in [0, 0.1) is 5.41 Å². The van der Waals surface area contributed by atoms with Crippen molar-refractivity contribution in [1.82, 2.24) is 9.80 Å². The summed E-state index contributed by atoms with van der Waals surface area (Å²) in [5, 5.41) is 1.28. The van der Waals surface area contributed by atoms with Gasteiger partial charge in [0.15, 0.2) is 5.78 Å². The molecular weight excluding hydrogens is 517 g/mol. The van der Waals surface area contributed by atoms with Crippen LogP contribution in [0.15, 0.2) is 78.4 Å². The average molecular weight is 546 g/mol. The predicted octanol–water partition coefficient (Wildman–Crippen LogP) is 5.48. The van der Waals surface area contributed by atoms with E-state index in [1.165, 1.54) is 0 Å². The van der Waals surface area contributed by atoms with Crippen LogP contribution >= 0.6 is 23.2 Å². The Bertz CT molecular complexity index is 1470. The molecule has 3 aromatic rings. The highest BCUT2D eigenvalue weighted by Crippen LogP contribution is 2.65. The van der Waals surface area contributed by atoms with Crippen molar-refractivity contribution in [3.63, 3.8) is 0 Å². The molecule has 38 heavy (non-hydrogen) atoms. The second-order valence-electron chi connectivity index (χ2n) is 10.8. The summed E-state index contributed by atoms with van der Waals surface area (Å²) in [6.45, 7) is 1.51. The van der Waals surface area contributed by atoms with Crippen LogP contribution in [0.1, 0.15) is 22.6 Å². The summed E-state index contributed by atoms with van der Waals surface area (Å²) in [5.74, 6) is -0.266. The summed E-state index contributed by atoms with van der Waals surface area (Å²) < 4.78 is 0. The second kappa shape index (κ2) is 9.06. The maximum Gasteiger partial charge on any atom is 0.253 e. The molecule has 7 heteroatoms. The number of amides is 1. The number of carbonyl (C=O) groups is 2. The van der Waals surface area contributed by atoms with E-state index in [-0.39, 0.29) is 17.6 Å². The Morgan fingerprint density at radius 3 is 2.18 bits per heavy atom. The van der Waals surface area contributed by atoms with Gasteiger partial charge in [0.05, 0.1) is 5.41 Å². The molecule has 3 heterocycles. The molecule has 2 saturated heterocycles. The number of likely N-dealkylation sites (tertiary alicyclic amines) is 2. The number of nitrogens with zero attached hydrogens (tertiary/aromatic N) is 3. The Morgan fingerprint density at radius 1 is 0.868 bits per heavy atom. The molecule has 6 rings (SSSR count). The first-order valence-corrected chi connectivity index (χ1v) is 13.5. The summed E-state index contributed by atoms with van der Waals surface area (Å²) >= 11 is 12.4. The zero-order valence-electron chi connectivity index (χ0n) is 21.6. The lowest BCUT2D eigenvalue weighted by molar-refractivity contribution is -0.147. The number of benzene rings is 3. The molecule has 3 aliphatic rings. The molecule has 3 atom stereocenters. The number of likely N-dealkylation sites (N-methyl/N-ethyl adjacent to an activating group) is 3. The van der Waals surface area contributed by atoms with E-state index in [0.29, 0.717) is 35.3 Å². The number of carbonyl (C=O) groups excluding carboxylic acids is 2. The van der Waals surface area contributed by atoms with E-state index in [4.69, 9.17) is 23.2 Å². The van der Waals surface area contributed by atoms with Crippen LogP contribution in [0.2, 0.25) is 10.0 Å². The fourth-order valence-electron chi connectivity index (χ4n) is 7.20. The van der Waals surface area contributed by atoms with E-state index in [1.54, 1.807) is 4.90 Å². The highest BCUT2D eigenvalue weighted by Gasteiger charge is 2.75. The topological polar surface area (TPSA) is 43.9 Å². The van der Waals surface area contributed by atoms with E-state index in [0.717, 1.165) is 22.4 Å². The van der Waals surface area contributed by atoms with Gasteiger partial charge in [0.1, 0.15) is 5.54 Å². The van der Waals surface area contributed by atoms with Crippen LogP contribution in [0.3, 0.4) is 0 Å². The third-order valence-corrected chi connectivity index (χ3v) is 9.18. The number of hydrogen-bond donors (Lipinski definition) is 0. The van der Waals surface area contributed by atoms with Crippen LogP contribution in [0.4, 0.5) is 5.69 Å². The SMILES string of the molecule is CN1C/C(=C\c2ccc(Cl)cc2)C(=O)[C@@]2(C1)[C@H](c1ccc(Cl)cc1)CN(C)[C@]21C(=O)N(C)c2ccccc21. The Hall–Kier alpha value is -2.96. The highest BCUT2D eigenvalue weighted by molar-refractivity contribution is 6.30. The van der Waals surface area contributed by atoms with Crippen molar-refractivity contribution in [2.75, 3.05) is 45.7 Å². The highest BCUT2D eigenvalue weighted by atomic mass is 35.5. The molecule has 2 fully saturated rings. The van der Waals surface area contributed by atoms with Gasteiger partial charge in [-0.1, -0.05) is 65.7 Å². The molecular formula is C31H29Cl2N3O2. The van der Waals surface area contributed by atoms with Crippen LogP contribution in [0.25, 0.3) is 6.08 Å². The monoisotopic (exact) mass is 545 g/mol. The molecule has 1 amide bonds. The van der Waals surface area contributed by atoms with Gasteiger partial charge in [0, 0.05) is 59.5 Å². The lowest BCUT2D eigenvalue weighted by atomic mass is 9.56. The molecule has 0 aliphatic carbocycles. The normalized spacial score (nSPS) is 28.7. The van der Waals surface area contributed by atoms with Crippen molar-refractivity contribution in [3.8, 4) is 0 Å². The molecule has 0 saturated carbocycles. The molecule has 0 radical (unpaired) electrons. The third-order valence-electron chi connectivity index (χ3n) is 8.68. The van der Waals surface area contributed by atoms with Crippen molar-refractivity contribution >= 4 is 46.7 Å². The summed E-state index contributed by atoms with van der Waals surface area (Å²) in [6.07, 6.45) is 1.95. The number of rotatable bonds is 2. The number of hydrogen-bond acceptors (Lipinski definition) is 4. The Kier molecular flexibility index (Phi) is 6.04. The minimum atomic E-state index is -1.15. The minimum Gasteiger partial charge on any atom is -0.313 e. The maximum absolute atomic E-state index is 15.0. The number of piperidine rings is 1. The summed E-state index contributed by atoms with van der Waals surface area (Å²) in [4.78, 5) is 35.6. The second-order valence-corrected chi connectivity index (χ2v) is 11.6. The van der Waals surface area contributed by atoms with Gasteiger partial charge < -0.3 is 9.80 Å². The molecule has 0 bridgehead atoms. The van der Waals surface area contributed by atoms with Crippen molar-refractivity contribution in [3.05, 3.63) is 105 Å². The number of para-hydroxylation sites is 1. The maximum atomic E-state index is 15.0. The Balaban J connectivity index is 1.63. The molecule has 194 valence electrons. The van der Waals surface area contributed by atoms with Crippen molar-refractivity contribution in [2.24, 2.45) is 5.41 Å². The first kappa shape index (κ1) is 25.3. The van der Waals surface area contributed by atoms with Crippen molar-refractivity contribution < 1.29 is 9.59 Å². The van der Waals surface area contributed by atoms with Gasteiger partial charge in [-0.2, -0.15) is 0 Å². The standard InChI is InChI=1S/C31H29Cl2N3O2/c1-34-17-22(16-20-8-12-23(32)13-9-20)28(37)30(19-34)26(21-10-14-24(33)15-11-21)18-35(2)31(30)25-6-4-5-7-27(25)36(3)29(31)38/h4-16,26H,17-19H2,1-3H3/b22-16+/t26-,30+,31+/m0/s1. The molecule has 0 N–H and O–H groups in total. The van der Waals surface area contributed by atoms with Gasteiger partial charge in [-0.05, 0) is 61.6 Å². The molecule has 0 aromatic heterocycles. The number of anilines is 1. The average Bonchev–Trinajstić information content (AvgIpc) is 3.29. The summed E-state index contributed by atoms with van der Waals surface area (Å²) in [6, 6.07) is 23.1. The number of ketones is 1. The summed E-state index contributed by atoms with van der Waals surface area (Å²) in [7, 11) is 5.83. The minimum absolute atomic E-state index is 0.0216. The molecule has 3 aliphatic heterocycles. The predicted molar refractivity (Wildman–Crippen MR) is 153 cm³/mol. The van der Waals surface area contributed by atoms with Gasteiger partial charge in [-0.25, -0.2) is 0 Å². The molecule has 2 spiro atoms. The first-order valence-electron chi connectivity index (χ1n) is 12.7. The number of Topliss-reactive ketones (excluding diaryl/α,β-unsaturated/α-hetero) is 1. The van der Waals surface area contributed by atoms with E-state index in [1.807, 2.05) is 100 Å². The fraction of sp³-hybridized carbons (Fsp3) is 0.290. The van der Waals surface area contributed by atoms with Gasteiger partial charge in [0.2, 0.25) is 0 Å². The fourth-order valence-corrected chi connectivity index (χ4v) is 7.46. The van der Waals surface area contributed by atoms with Crippen LogP contribution in [-0.4, -0.2) is 62.3 Å². The van der Waals surface area contributed by atoms with E-state index >= 15 is 4.79 Å². The zero-order chi connectivity index (χ0) is 26.8. The van der Waals surface area contributed by atoms with Crippen molar-refractivity contribution in [2.45, 2.75) is 11.5 Å². The molecule has 3 aromatic carbocycles. The largest absolute Gasteiger partial charge is 0.313 e. The smallest absolute Gasteiger partial charge is 0.253 e. The van der Waals surface area contributed by atoms with E-state index in [9.17, 15) is 4.79 Å². The zero-order valence-corrected chi connectivity index (χ0v) is 23.1. The van der Waals surface area contributed by atoms with E-state index in [2.05, 4.69) is 9.80 Å². The Morgan fingerprint density at radius 2 is 1.50 bits per heavy atom. The first-order chi connectivity index (χ1) is 18.2. The van der Waals surface area contributed by atoms with Gasteiger partial charge in [-0.3, -0.25) is 14.5 Å². The van der Waals surface area contributed by atoms with E-state index < -0.39 is 11.0 Å². The quantitative estimate of drug-likeness (QED) is 0.400. The van der Waals surface area contributed by atoms with Crippen LogP contribution in [-0.2, 0) is 15.1 Å². The van der Waals surface area contributed by atoms with Crippen LogP contribution < -0.4 is 4.90 Å². The van der Waals surface area contributed by atoms with Crippen LogP contribution in [0.5, 0.6) is 0 Å². The van der Waals surface area contributed by atoms with Crippen molar-refractivity contribution in [1.29, 1.82) is 0 Å². The Labute approximate surface area is 233 Å². The van der Waals surface area contributed by atoms with Gasteiger partial charge in [-0.15, -0.1) is 0 Å². The molecule has 5 nitrogen and oxygen atoms in total. The third kappa shape index (κ3) is 3.39. The summed E-state index contributed by atoms with van der Waals surface area (Å²) in [5.41, 5.74) is 2.14. The van der Waals surface area contributed by atoms with Gasteiger partial charge >= 0.3 is 0 Å². The lowest BCUT2D eigenvalue weighted by Crippen LogP contribution is -2.65. The number of halogens is 2. The number of fused-ring (bicyclic) bond motifs is 3.